The number of anilines is 1. The van der Waals surface area contributed by atoms with Crippen LogP contribution in [0, 0.1) is 0 Å². The Bertz CT molecular complexity index is 373. The molecule has 140 valence electrons. The number of unbranched alkanes of at least 4 members (excludes halogenated alkanes) is 15. The fourth-order valence-corrected chi connectivity index (χ4v) is 3.36. The number of rotatable bonds is 17. The Labute approximate surface area is 150 Å². The lowest BCUT2D eigenvalue weighted by molar-refractivity contribution is 0.521. The Kier molecular flexibility index (Phi) is 13.6. The van der Waals surface area contributed by atoms with E-state index in [-0.39, 0.29) is 0 Å². The SMILES string of the molecule is CCCCCCCCCCCCCCCCCCn1ccnc1N. The average Bonchev–Trinajstić information content (AvgIpc) is 2.99. The van der Waals surface area contributed by atoms with E-state index in [1.54, 1.807) is 6.20 Å². The third-order valence-corrected chi connectivity index (χ3v) is 5.00. The number of aromatic nitrogens is 2. The molecule has 1 aromatic heterocycles. The van der Waals surface area contributed by atoms with Crippen LogP contribution in [0.25, 0.3) is 0 Å². The maximum atomic E-state index is 5.76. The van der Waals surface area contributed by atoms with E-state index in [2.05, 4.69) is 11.9 Å². The first-order valence-corrected chi connectivity index (χ1v) is 10.6. The van der Waals surface area contributed by atoms with Gasteiger partial charge in [0, 0.05) is 18.9 Å². The Morgan fingerprint density at radius 2 is 1.12 bits per heavy atom. The molecule has 0 aliphatic carbocycles. The quantitative estimate of drug-likeness (QED) is 0.321. The maximum Gasteiger partial charge on any atom is 0.200 e. The van der Waals surface area contributed by atoms with Crippen molar-refractivity contribution in [3.63, 3.8) is 0 Å². The zero-order chi connectivity index (χ0) is 17.3. The van der Waals surface area contributed by atoms with Gasteiger partial charge >= 0.3 is 0 Å². The molecular formula is C21H41N3. The van der Waals surface area contributed by atoms with Gasteiger partial charge in [-0.1, -0.05) is 103 Å². The Hall–Kier alpha value is -0.990. The van der Waals surface area contributed by atoms with Crippen LogP contribution in [0.3, 0.4) is 0 Å². The molecule has 0 amide bonds. The normalized spacial score (nSPS) is 11.2. The molecule has 0 fully saturated rings. The van der Waals surface area contributed by atoms with Crippen molar-refractivity contribution in [3.05, 3.63) is 12.4 Å². The average molecular weight is 336 g/mol. The number of aryl methyl sites for hydroxylation is 1. The summed E-state index contributed by atoms with van der Waals surface area (Å²) in [5.41, 5.74) is 5.76. The predicted octanol–water partition coefficient (Wildman–Crippen LogP) is 6.73. The van der Waals surface area contributed by atoms with E-state index >= 15 is 0 Å². The Morgan fingerprint density at radius 3 is 1.50 bits per heavy atom. The summed E-state index contributed by atoms with van der Waals surface area (Å²) in [5.74, 6) is 0.649. The highest BCUT2D eigenvalue weighted by Crippen LogP contribution is 2.14. The molecule has 24 heavy (non-hydrogen) atoms. The second kappa shape index (κ2) is 15.5. The summed E-state index contributed by atoms with van der Waals surface area (Å²) in [6, 6.07) is 0. The van der Waals surface area contributed by atoms with Crippen LogP contribution in [0.2, 0.25) is 0 Å². The molecule has 3 nitrogen and oxygen atoms in total. The second-order valence-electron chi connectivity index (χ2n) is 7.28. The summed E-state index contributed by atoms with van der Waals surface area (Å²) >= 11 is 0. The number of hydrogen-bond acceptors (Lipinski definition) is 2. The molecule has 3 heteroatoms. The predicted molar refractivity (Wildman–Crippen MR) is 106 cm³/mol. The summed E-state index contributed by atoms with van der Waals surface area (Å²) in [7, 11) is 0. The Balaban J connectivity index is 1.71. The van der Waals surface area contributed by atoms with Crippen molar-refractivity contribution in [1.82, 2.24) is 9.55 Å². The van der Waals surface area contributed by atoms with Crippen LogP contribution in [-0.2, 0) is 6.54 Å². The van der Waals surface area contributed by atoms with Crippen LogP contribution in [0.1, 0.15) is 110 Å². The van der Waals surface area contributed by atoms with Gasteiger partial charge in [0.1, 0.15) is 0 Å². The van der Waals surface area contributed by atoms with Gasteiger partial charge in [0.05, 0.1) is 0 Å². The molecule has 1 rings (SSSR count). The molecule has 2 N–H and O–H groups in total. The van der Waals surface area contributed by atoms with Crippen molar-refractivity contribution < 1.29 is 0 Å². The van der Waals surface area contributed by atoms with Gasteiger partial charge in [0.25, 0.3) is 0 Å². The molecule has 0 saturated carbocycles. The zero-order valence-electron chi connectivity index (χ0n) is 16.1. The van der Waals surface area contributed by atoms with Gasteiger partial charge in [-0.3, -0.25) is 0 Å². The van der Waals surface area contributed by atoms with E-state index in [4.69, 9.17) is 5.73 Å². The topological polar surface area (TPSA) is 43.8 Å². The highest BCUT2D eigenvalue weighted by Gasteiger charge is 1.97. The first kappa shape index (κ1) is 21.1. The fraction of sp³-hybridized carbons (Fsp3) is 0.857. The van der Waals surface area contributed by atoms with Crippen molar-refractivity contribution in [2.24, 2.45) is 0 Å². The fourth-order valence-electron chi connectivity index (χ4n) is 3.36. The monoisotopic (exact) mass is 335 g/mol. The van der Waals surface area contributed by atoms with Crippen molar-refractivity contribution in [3.8, 4) is 0 Å². The van der Waals surface area contributed by atoms with Crippen molar-refractivity contribution in [1.29, 1.82) is 0 Å². The van der Waals surface area contributed by atoms with Crippen LogP contribution < -0.4 is 5.73 Å². The summed E-state index contributed by atoms with van der Waals surface area (Å²) in [6.45, 7) is 3.31. The van der Waals surface area contributed by atoms with Crippen molar-refractivity contribution >= 4 is 5.95 Å². The number of nitrogen functional groups attached to an aromatic ring is 1. The first-order valence-electron chi connectivity index (χ1n) is 10.6. The van der Waals surface area contributed by atoms with Gasteiger partial charge in [-0.15, -0.1) is 0 Å². The van der Waals surface area contributed by atoms with E-state index < -0.39 is 0 Å². The number of imidazole rings is 1. The van der Waals surface area contributed by atoms with Crippen LogP contribution >= 0.6 is 0 Å². The Morgan fingerprint density at radius 1 is 0.708 bits per heavy atom. The molecule has 0 atom stereocenters. The van der Waals surface area contributed by atoms with Gasteiger partial charge in [-0.05, 0) is 6.42 Å². The molecular weight excluding hydrogens is 294 g/mol. The molecule has 0 bridgehead atoms. The first-order chi connectivity index (χ1) is 11.8. The molecule has 0 aliphatic rings. The van der Waals surface area contributed by atoms with Crippen LogP contribution in [0.4, 0.5) is 5.95 Å². The van der Waals surface area contributed by atoms with E-state index in [0.717, 1.165) is 6.54 Å². The zero-order valence-corrected chi connectivity index (χ0v) is 16.1. The maximum absolute atomic E-state index is 5.76. The van der Waals surface area contributed by atoms with E-state index in [1.807, 2.05) is 10.8 Å². The summed E-state index contributed by atoms with van der Waals surface area (Å²) < 4.78 is 2.05. The van der Waals surface area contributed by atoms with Gasteiger partial charge in [-0.2, -0.15) is 0 Å². The van der Waals surface area contributed by atoms with E-state index in [0.29, 0.717) is 5.95 Å². The molecule has 1 aromatic rings. The molecule has 0 aromatic carbocycles. The number of hydrogen-bond donors (Lipinski definition) is 1. The van der Waals surface area contributed by atoms with E-state index in [1.165, 1.54) is 103 Å². The minimum Gasteiger partial charge on any atom is -0.369 e. The smallest absolute Gasteiger partial charge is 0.200 e. The minimum absolute atomic E-state index is 0.649. The number of nitrogens with zero attached hydrogens (tertiary/aromatic N) is 2. The molecule has 0 spiro atoms. The van der Waals surface area contributed by atoms with Crippen LogP contribution in [-0.4, -0.2) is 9.55 Å². The standard InChI is InChI=1S/C21H41N3/c1-2-3-4-5-6-7-8-9-10-11-12-13-14-15-16-17-19-24-20-18-23-21(24)22/h18,20H,2-17,19H2,1H3,(H2,22,23). The van der Waals surface area contributed by atoms with Gasteiger partial charge in [0.2, 0.25) is 0 Å². The summed E-state index contributed by atoms with van der Waals surface area (Å²) in [5, 5.41) is 0. The third kappa shape index (κ3) is 11.5. The van der Waals surface area contributed by atoms with Gasteiger partial charge in [-0.25, -0.2) is 4.98 Å². The lowest BCUT2D eigenvalue weighted by Crippen LogP contribution is -2.02. The lowest BCUT2D eigenvalue weighted by Gasteiger charge is -2.05. The van der Waals surface area contributed by atoms with Crippen molar-refractivity contribution in [2.45, 2.75) is 116 Å². The summed E-state index contributed by atoms with van der Waals surface area (Å²) in [4.78, 5) is 4.05. The van der Waals surface area contributed by atoms with E-state index in [9.17, 15) is 0 Å². The molecule has 0 radical (unpaired) electrons. The molecule has 0 saturated heterocycles. The van der Waals surface area contributed by atoms with Crippen LogP contribution in [0.15, 0.2) is 12.4 Å². The van der Waals surface area contributed by atoms with Crippen molar-refractivity contribution in [2.75, 3.05) is 5.73 Å². The highest BCUT2D eigenvalue weighted by atomic mass is 15.1. The number of nitrogens with two attached hydrogens (primary N) is 1. The lowest BCUT2D eigenvalue weighted by atomic mass is 10.0. The third-order valence-electron chi connectivity index (χ3n) is 5.00. The second-order valence-corrected chi connectivity index (χ2v) is 7.28. The molecule has 0 unspecified atom stereocenters. The molecule has 0 aliphatic heterocycles. The van der Waals surface area contributed by atoms with Gasteiger partial charge in [0.15, 0.2) is 5.95 Å². The highest BCUT2D eigenvalue weighted by molar-refractivity contribution is 5.16. The molecule has 1 heterocycles. The van der Waals surface area contributed by atoms with Gasteiger partial charge < -0.3 is 10.3 Å². The minimum atomic E-state index is 0.649. The summed E-state index contributed by atoms with van der Waals surface area (Å²) in [6.07, 6.45) is 26.4. The van der Waals surface area contributed by atoms with Crippen LogP contribution in [0.5, 0.6) is 0 Å². The largest absolute Gasteiger partial charge is 0.369 e.